The van der Waals surface area contributed by atoms with Crippen molar-refractivity contribution in [1.29, 1.82) is 0 Å². The third-order valence-corrected chi connectivity index (χ3v) is 3.67. The summed E-state index contributed by atoms with van der Waals surface area (Å²) >= 11 is 0. The number of methoxy groups -OCH3 is 1. The van der Waals surface area contributed by atoms with E-state index in [1.165, 1.54) is 0 Å². The molecule has 0 bridgehead atoms. The average Bonchev–Trinajstić information content (AvgIpc) is 2.66. The van der Waals surface area contributed by atoms with E-state index in [2.05, 4.69) is 27.5 Å². The molecule has 0 aliphatic carbocycles. The first-order chi connectivity index (χ1) is 12.2. The second-order valence-electron chi connectivity index (χ2n) is 5.71. The Morgan fingerprint density at radius 3 is 2.64 bits per heavy atom. The van der Waals surface area contributed by atoms with Crippen molar-refractivity contribution in [3.8, 4) is 11.4 Å². The van der Waals surface area contributed by atoms with Gasteiger partial charge in [0.25, 0.3) is 5.91 Å². The van der Waals surface area contributed by atoms with Crippen molar-refractivity contribution in [2.24, 2.45) is 0 Å². The van der Waals surface area contributed by atoms with Crippen LogP contribution in [-0.2, 0) is 4.74 Å². The molecule has 6 heteroatoms. The molecule has 0 spiro atoms. The number of unbranched alkanes of at least 4 members (excludes halogenated alkanes) is 2. The SMILES string of the molecule is CCCCCNC(=O)c1cc(NCCOC)nc(-c2ccccc2)n1. The molecule has 0 atom stereocenters. The lowest BCUT2D eigenvalue weighted by atomic mass is 10.2. The summed E-state index contributed by atoms with van der Waals surface area (Å²) in [7, 11) is 1.65. The minimum Gasteiger partial charge on any atom is -0.383 e. The first-order valence-electron chi connectivity index (χ1n) is 8.70. The van der Waals surface area contributed by atoms with Gasteiger partial charge in [0.15, 0.2) is 5.82 Å². The summed E-state index contributed by atoms with van der Waals surface area (Å²) < 4.78 is 5.05. The van der Waals surface area contributed by atoms with E-state index < -0.39 is 0 Å². The second-order valence-corrected chi connectivity index (χ2v) is 5.71. The second kappa shape index (κ2) is 10.4. The summed E-state index contributed by atoms with van der Waals surface area (Å²) in [6.07, 6.45) is 3.19. The zero-order chi connectivity index (χ0) is 17.9. The van der Waals surface area contributed by atoms with E-state index in [0.717, 1.165) is 24.8 Å². The van der Waals surface area contributed by atoms with Gasteiger partial charge >= 0.3 is 0 Å². The quantitative estimate of drug-likeness (QED) is 0.649. The normalized spacial score (nSPS) is 10.5. The molecule has 25 heavy (non-hydrogen) atoms. The number of aromatic nitrogens is 2. The van der Waals surface area contributed by atoms with Gasteiger partial charge in [0, 0.05) is 31.8 Å². The number of benzene rings is 1. The van der Waals surface area contributed by atoms with Crippen LogP contribution < -0.4 is 10.6 Å². The van der Waals surface area contributed by atoms with Gasteiger partial charge in [-0.3, -0.25) is 4.79 Å². The first kappa shape index (κ1) is 18.9. The van der Waals surface area contributed by atoms with Crippen LogP contribution in [0.1, 0.15) is 36.7 Å². The Morgan fingerprint density at radius 2 is 1.92 bits per heavy atom. The van der Waals surface area contributed by atoms with Gasteiger partial charge in [0.1, 0.15) is 11.5 Å². The highest BCUT2D eigenvalue weighted by molar-refractivity contribution is 5.93. The van der Waals surface area contributed by atoms with E-state index in [1.54, 1.807) is 13.2 Å². The molecule has 0 aliphatic heterocycles. The molecule has 2 N–H and O–H groups in total. The third kappa shape index (κ3) is 6.15. The molecule has 0 radical (unpaired) electrons. The van der Waals surface area contributed by atoms with E-state index in [9.17, 15) is 4.79 Å². The highest BCUT2D eigenvalue weighted by Gasteiger charge is 2.12. The lowest BCUT2D eigenvalue weighted by Gasteiger charge is -2.10. The minimum absolute atomic E-state index is 0.175. The Bertz CT molecular complexity index is 662. The molecule has 6 nitrogen and oxygen atoms in total. The number of nitrogens with zero attached hydrogens (tertiary/aromatic N) is 2. The molecule has 0 unspecified atom stereocenters. The van der Waals surface area contributed by atoms with Gasteiger partial charge in [0.05, 0.1) is 6.61 Å². The predicted octanol–water partition coefficient (Wildman–Crippen LogP) is 3.12. The fourth-order valence-corrected chi connectivity index (χ4v) is 2.32. The highest BCUT2D eigenvalue weighted by atomic mass is 16.5. The van der Waals surface area contributed by atoms with Crippen molar-refractivity contribution in [2.45, 2.75) is 26.2 Å². The van der Waals surface area contributed by atoms with E-state index >= 15 is 0 Å². The van der Waals surface area contributed by atoms with Gasteiger partial charge in [-0.15, -0.1) is 0 Å². The number of hydrogen-bond acceptors (Lipinski definition) is 5. The Hall–Kier alpha value is -2.47. The van der Waals surface area contributed by atoms with Crippen molar-refractivity contribution in [3.63, 3.8) is 0 Å². The van der Waals surface area contributed by atoms with Crippen molar-refractivity contribution in [1.82, 2.24) is 15.3 Å². The van der Waals surface area contributed by atoms with Crippen LogP contribution >= 0.6 is 0 Å². The summed E-state index contributed by atoms with van der Waals surface area (Å²) in [6, 6.07) is 11.3. The summed E-state index contributed by atoms with van der Waals surface area (Å²) in [5.41, 5.74) is 1.24. The molecule has 1 heterocycles. The summed E-state index contributed by atoms with van der Waals surface area (Å²) in [5, 5.41) is 6.10. The van der Waals surface area contributed by atoms with E-state index in [1.807, 2.05) is 30.3 Å². The van der Waals surface area contributed by atoms with E-state index in [0.29, 0.717) is 37.0 Å². The maximum Gasteiger partial charge on any atom is 0.270 e. The lowest BCUT2D eigenvalue weighted by molar-refractivity contribution is 0.0948. The van der Waals surface area contributed by atoms with Crippen molar-refractivity contribution in [3.05, 3.63) is 42.1 Å². The molecule has 2 rings (SSSR count). The van der Waals surface area contributed by atoms with Gasteiger partial charge < -0.3 is 15.4 Å². The van der Waals surface area contributed by atoms with Gasteiger partial charge in [-0.25, -0.2) is 9.97 Å². The van der Waals surface area contributed by atoms with Crippen LogP contribution in [-0.4, -0.2) is 42.7 Å². The maximum absolute atomic E-state index is 12.4. The fraction of sp³-hybridized carbons (Fsp3) is 0.421. The number of amides is 1. The van der Waals surface area contributed by atoms with Crippen LogP contribution in [0.5, 0.6) is 0 Å². The molecule has 0 saturated carbocycles. The zero-order valence-electron chi connectivity index (χ0n) is 14.9. The molecule has 0 aliphatic rings. The largest absolute Gasteiger partial charge is 0.383 e. The van der Waals surface area contributed by atoms with Crippen LogP contribution in [0.2, 0.25) is 0 Å². The molecule has 1 amide bonds. The third-order valence-electron chi connectivity index (χ3n) is 3.67. The molecule has 1 aromatic heterocycles. The fourth-order valence-electron chi connectivity index (χ4n) is 2.32. The molecule has 1 aromatic carbocycles. The number of carbonyl (C=O) groups excluding carboxylic acids is 1. The Labute approximate surface area is 149 Å². The smallest absolute Gasteiger partial charge is 0.270 e. The van der Waals surface area contributed by atoms with Gasteiger partial charge in [-0.1, -0.05) is 50.1 Å². The maximum atomic E-state index is 12.4. The van der Waals surface area contributed by atoms with Crippen LogP contribution in [0.3, 0.4) is 0 Å². The van der Waals surface area contributed by atoms with Crippen LogP contribution in [0.25, 0.3) is 11.4 Å². The van der Waals surface area contributed by atoms with Crippen LogP contribution in [0.4, 0.5) is 5.82 Å². The zero-order valence-corrected chi connectivity index (χ0v) is 14.9. The summed E-state index contributed by atoms with van der Waals surface area (Å²) in [4.78, 5) is 21.4. The Morgan fingerprint density at radius 1 is 1.12 bits per heavy atom. The monoisotopic (exact) mass is 342 g/mol. The topological polar surface area (TPSA) is 76.1 Å². The molecular weight excluding hydrogens is 316 g/mol. The minimum atomic E-state index is -0.175. The van der Waals surface area contributed by atoms with E-state index in [4.69, 9.17) is 4.74 Å². The van der Waals surface area contributed by atoms with Crippen LogP contribution in [0.15, 0.2) is 36.4 Å². The lowest BCUT2D eigenvalue weighted by Crippen LogP contribution is -2.26. The number of anilines is 1. The number of hydrogen-bond donors (Lipinski definition) is 2. The van der Waals surface area contributed by atoms with E-state index in [-0.39, 0.29) is 5.91 Å². The predicted molar refractivity (Wildman–Crippen MR) is 99.7 cm³/mol. The molecule has 2 aromatic rings. The van der Waals surface area contributed by atoms with Gasteiger partial charge in [0.2, 0.25) is 0 Å². The standard InChI is InChI=1S/C19H26N4O2/c1-3-4-8-11-21-19(24)16-14-17(20-12-13-25-2)23-18(22-16)15-9-6-5-7-10-15/h5-7,9-10,14H,3-4,8,11-13H2,1-2H3,(H,21,24)(H,20,22,23). The molecule has 0 saturated heterocycles. The van der Waals surface area contributed by atoms with Gasteiger partial charge in [-0.05, 0) is 6.42 Å². The summed E-state index contributed by atoms with van der Waals surface area (Å²) in [6.45, 7) is 3.96. The average molecular weight is 342 g/mol. The number of nitrogens with one attached hydrogen (secondary N) is 2. The Balaban J connectivity index is 2.18. The molecule has 134 valence electrons. The highest BCUT2D eigenvalue weighted by Crippen LogP contribution is 2.17. The molecule has 0 fully saturated rings. The number of rotatable bonds is 10. The van der Waals surface area contributed by atoms with Crippen molar-refractivity contribution >= 4 is 11.7 Å². The van der Waals surface area contributed by atoms with Crippen molar-refractivity contribution < 1.29 is 9.53 Å². The number of ether oxygens (including phenoxy) is 1. The summed E-state index contributed by atoms with van der Waals surface area (Å²) in [5.74, 6) is 0.969. The molecular formula is C19H26N4O2. The van der Waals surface area contributed by atoms with Gasteiger partial charge in [-0.2, -0.15) is 0 Å². The van der Waals surface area contributed by atoms with Crippen LogP contribution in [0, 0.1) is 0 Å². The Kier molecular flexibility index (Phi) is 7.85. The number of carbonyl (C=O) groups is 1. The first-order valence-corrected chi connectivity index (χ1v) is 8.70. The van der Waals surface area contributed by atoms with Crippen molar-refractivity contribution in [2.75, 3.05) is 32.1 Å².